The molecule has 4 N–H and O–H groups in total. The second-order valence-electron chi connectivity index (χ2n) is 4.64. The van der Waals surface area contributed by atoms with E-state index in [9.17, 15) is 22.1 Å². The summed E-state index contributed by atoms with van der Waals surface area (Å²) in [7, 11) is -8.12. The van der Waals surface area contributed by atoms with E-state index in [1.165, 1.54) is 30.3 Å². The first-order chi connectivity index (χ1) is 10.6. The standard InChI is InChI=1S/C13H14N2O6S2/c1-9-2-3-11(8-13(9)23(19,20)21)15-14-10-4-6-12(7-5-10)22(16,17)18/h2-8,19-21H,1H3,(H,16,17,18). The molecule has 10 heteroatoms. The number of azo groups is 1. The van der Waals surface area contributed by atoms with Crippen LogP contribution < -0.4 is 0 Å². The summed E-state index contributed by atoms with van der Waals surface area (Å²) < 4.78 is 58.7. The fourth-order valence-electron chi connectivity index (χ4n) is 1.75. The molecule has 8 nitrogen and oxygen atoms in total. The summed E-state index contributed by atoms with van der Waals surface area (Å²) in [5.74, 6) is 0. The van der Waals surface area contributed by atoms with Crippen LogP contribution in [0.15, 0.2) is 62.5 Å². The Morgan fingerprint density at radius 3 is 1.87 bits per heavy atom. The molecule has 0 radical (unpaired) electrons. The van der Waals surface area contributed by atoms with Crippen LogP contribution in [0.4, 0.5) is 11.4 Å². The third kappa shape index (κ3) is 4.58. The lowest BCUT2D eigenvalue weighted by Crippen LogP contribution is -1.97. The molecule has 0 bridgehead atoms. The van der Waals surface area contributed by atoms with Gasteiger partial charge in [-0.2, -0.15) is 18.6 Å². The summed E-state index contributed by atoms with van der Waals surface area (Å²) >= 11 is 0. The van der Waals surface area contributed by atoms with Gasteiger partial charge >= 0.3 is 0 Å². The highest BCUT2D eigenvalue weighted by atomic mass is 32.3. The fraction of sp³-hybridized carbons (Fsp3) is 0.0769. The van der Waals surface area contributed by atoms with E-state index in [0.717, 1.165) is 0 Å². The largest absolute Gasteiger partial charge is 0.304 e. The quantitative estimate of drug-likeness (QED) is 0.476. The third-order valence-corrected chi connectivity index (χ3v) is 4.78. The van der Waals surface area contributed by atoms with Crippen LogP contribution in [0.2, 0.25) is 0 Å². The van der Waals surface area contributed by atoms with E-state index in [1.54, 1.807) is 19.1 Å². The molecule has 124 valence electrons. The summed E-state index contributed by atoms with van der Waals surface area (Å²) in [6.45, 7) is 1.61. The van der Waals surface area contributed by atoms with Crippen LogP contribution in [-0.4, -0.2) is 26.6 Å². The summed E-state index contributed by atoms with van der Waals surface area (Å²) in [5.41, 5.74) is 1.09. The van der Waals surface area contributed by atoms with E-state index in [0.29, 0.717) is 11.3 Å². The molecule has 0 aliphatic rings. The Morgan fingerprint density at radius 2 is 1.35 bits per heavy atom. The van der Waals surface area contributed by atoms with E-state index in [-0.39, 0.29) is 15.5 Å². The van der Waals surface area contributed by atoms with E-state index in [4.69, 9.17) is 4.55 Å². The molecule has 2 aromatic carbocycles. The molecule has 0 atom stereocenters. The lowest BCUT2D eigenvalue weighted by molar-refractivity contribution is 0.375. The maximum absolute atomic E-state index is 10.9. The van der Waals surface area contributed by atoms with Gasteiger partial charge in [-0.05, 0) is 48.9 Å². The Labute approximate surface area is 134 Å². The van der Waals surface area contributed by atoms with Gasteiger partial charge < -0.3 is 13.7 Å². The SMILES string of the molecule is Cc1ccc(N=Nc2ccc(S(=O)(=O)O)cc2)cc1S(O)(O)O. The van der Waals surface area contributed by atoms with Crippen LogP contribution in [0.1, 0.15) is 5.56 Å². The van der Waals surface area contributed by atoms with Gasteiger partial charge in [0.2, 0.25) is 0 Å². The predicted octanol–water partition coefficient (Wildman–Crippen LogP) is 4.24. The minimum absolute atomic E-state index is 0.0457. The number of hydrogen-bond donors (Lipinski definition) is 4. The van der Waals surface area contributed by atoms with E-state index < -0.39 is 21.0 Å². The Bertz CT molecular complexity index is 842. The number of hydrogen-bond acceptors (Lipinski definition) is 7. The number of aryl methyl sites for hydroxylation is 1. The van der Waals surface area contributed by atoms with Crippen LogP contribution in [0.25, 0.3) is 0 Å². The second-order valence-corrected chi connectivity index (χ2v) is 7.54. The molecule has 0 aliphatic heterocycles. The Hall–Kier alpha value is -1.82. The van der Waals surface area contributed by atoms with Gasteiger partial charge in [-0.25, -0.2) is 0 Å². The van der Waals surface area contributed by atoms with Gasteiger partial charge in [0.1, 0.15) is 10.9 Å². The van der Waals surface area contributed by atoms with Crippen molar-refractivity contribution in [1.29, 1.82) is 0 Å². The molecule has 0 fully saturated rings. The Balaban J connectivity index is 2.27. The van der Waals surface area contributed by atoms with Gasteiger partial charge in [-0.1, -0.05) is 6.07 Å². The van der Waals surface area contributed by atoms with E-state index >= 15 is 0 Å². The zero-order valence-corrected chi connectivity index (χ0v) is 13.5. The minimum atomic E-state index is -4.27. The molecule has 0 amide bonds. The molecule has 0 unspecified atom stereocenters. The van der Waals surface area contributed by atoms with Crippen LogP contribution in [0, 0.1) is 6.92 Å². The first kappa shape index (κ1) is 17.5. The van der Waals surface area contributed by atoms with E-state index in [2.05, 4.69) is 10.2 Å². The normalized spacial score (nSPS) is 13.4. The first-order valence-corrected chi connectivity index (χ1v) is 9.12. The lowest BCUT2D eigenvalue weighted by Gasteiger charge is -2.21. The van der Waals surface area contributed by atoms with Crippen molar-refractivity contribution in [2.45, 2.75) is 16.7 Å². The molecular formula is C13H14N2O6S2. The fourth-order valence-corrected chi connectivity index (χ4v) is 3.01. The van der Waals surface area contributed by atoms with Crippen molar-refractivity contribution in [3.63, 3.8) is 0 Å². The third-order valence-electron chi connectivity index (χ3n) is 2.88. The summed E-state index contributed by atoms with van der Waals surface area (Å²) in [5, 5.41) is 7.74. The summed E-state index contributed by atoms with van der Waals surface area (Å²) in [6.07, 6.45) is 0. The first-order valence-electron chi connectivity index (χ1n) is 6.18. The molecule has 2 aromatic rings. The maximum Gasteiger partial charge on any atom is 0.294 e. The molecule has 23 heavy (non-hydrogen) atoms. The Morgan fingerprint density at radius 1 is 0.826 bits per heavy atom. The highest BCUT2D eigenvalue weighted by molar-refractivity contribution is 8.19. The highest BCUT2D eigenvalue weighted by Gasteiger charge is 2.18. The van der Waals surface area contributed by atoms with Gasteiger partial charge in [-0.3, -0.25) is 4.55 Å². The molecule has 0 aliphatic carbocycles. The van der Waals surface area contributed by atoms with Crippen LogP contribution in [-0.2, 0) is 10.1 Å². The van der Waals surface area contributed by atoms with Crippen LogP contribution in [0.5, 0.6) is 0 Å². The summed E-state index contributed by atoms with van der Waals surface area (Å²) in [6, 6.07) is 9.46. The van der Waals surface area contributed by atoms with Gasteiger partial charge in [0, 0.05) is 0 Å². The predicted molar refractivity (Wildman–Crippen MR) is 85.4 cm³/mol. The lowest BCUT2D eigenvalue weighted by atomic mass is 10.2. The molecule has 0 spiro atoms. The zero-order valence-electron chi connectivity index (χ0n) is 11.9. The van der Waals surface area contributed by atoms with Gasteiger partial charge in [0.25, 0.3) is 10.1 Å². The zero-order chi connectivity index (χ0) is 17.3. The van der Waals surface area contributed by atoms with Crippen molar-refractivity contribution in [3.05, 3.63) is 48.0 Å². The molecule has 0 saturated carbocycles. The second kappa shape index (κ2) is 6.35. The number of benzene rings is 2. The molecule has 0 aromatic heterocycles. The van der Waals surface area contributed by atoms with Crippen LogP contribution in [0.3, 0.4) is 0 Å². The van der Waals surface area contributed by atoms with E-state index in [1.807, 2.05) is 0 Å². The molecule has 2 rings (SSSR count). The van der Waals surface area contributed by atoms with Crippen molar-refractivity contribution >= 4 is 32.4 Å². The average Bonchev–Trinajstić information content (AvgIpc) is 2.44. The molecule has 0 saturated heterocycles. The average molecular weight is 358 g/mol. The minimum Gasteiger partial charge on any atom is -0.304 e. The van der Waals surface area contributed by atoms with Crippen molar-refractivity contribution in [1.82, 2.24) is 0 Å². The van der Waals surface area contributed by atoms with Gasteiger partial charge in [0.05, 0.1) is 21.2 Å². The van der Waals surface area contributed by atoms with Crippen molar-refractivity contribution in [2.24, 2.45) is 10.2 Å². The monoisotopic (exact) mass is 358 g/mol. The number of rotatable bonds is 4. The highest BCUT2D eigenvalue weighted by Crippen LogP contribution is 2.46. The van der Waals surface area contributed by atoms with Gasteiger partial charge in [-0.15, -0.1) is 0 Å². The van der Waals surface area contributed by atoms with Gasteiger partial charge in [0.15, 0.2) is 0 Å². The number of nitrogens with zero attached hydrogens (tertiary/aromatic N) is 2. The topological polar surface area (TPSA) is 140 Å². The van der Waals surface area contributed by atoms with Crippen molar-refractivity contribution in [2.75, 3.05) is 0 Å². The Kier molecular flexibility index (Phi) is 4.84. The van der Waals surface area contributed by atoms with Crippen molar-refractivity contribution in [3.8, 4) is 0 Å². The van der Waals surface area contributed by atoms with Crippen LogP contribution >= 0.6 is 10.9 Å². The molecule has 0 heterocycles. The molecular weight excluding hydrogens is 344 g/mol. The smallest absolute Gasteiger partial charge is 0.294 e. The maximum atomic E-state index is 10.9. The summed E-state index contributed by atoms with van der Waals surface area (Å²) in [4.78, 5) is -0.307. The van der Waals surface area contributed by atoms with Crippen molar-refractivity contribution < 1.29 is 26.6 Å².